The molecule has 3 unspecified atom stereocenters. The lowest BCUT2D eigenvalue weighted by atomic mass is 9.96. The highest BCUT2D eigenvalue weighted by atomic mass is 14.7. The fourth-order valence-corrected chi connectivity index (χ4v) is 3.14. The van der Waals surface area contributed by atoms with Crippen molar-refractivity contribution in [2.45, 2.75) is 32.2 Å². The Labute approximate surface area is 115 Å². The Morgan fingerprint density at radius 2 is 1.63 bits per heavy atom. The Morgan fingerprint density at radius 1 is 1.00 bits per heavy atom. The van der Waals surface area contributed by atoms with Crippen LogP contribution in [0.25, 0.3) is 0 Å². The van der Waals surface area contributed by atoms with Gasteiger partial charge in [-0.3, -0.25) is 0 Å². The summed E-state index contributed by atoms with van der Waals surface area (Å²) in [7, 11) is 0. The minimum Gasteiger partial charge on any atom is -0.324 e. The van der Waals surface area contributed by atoms with Crippen LogP contribution in [-0.4, -0.2) is 0 Å². The number of hydrogen-bond acceptors (Lipinski definition) is 1. The molecule has 0 heterocycles. The second-order valence-electron chi connectivity index (χ2n) is 5.86. The van der Waals surface area contributed by atoms with E-state index < -0.39 is 0 Å². The third-order valence-electron chi connectivity index (χ3n) is 4.16. The summed E-state index contributed by atoms with van der Waals surface area (Å²) in [4.78, 5) is 0. The lowest BCUT2D eigenvalue weighted by Gasteiger charge is -2.14. The zero-order valence-corrected chi connectivity index (χ0v) is 11.6. The molecule has 0 aromatic heterocycles. The van der Waals surface area contributed by atoms with Gasteiger partial charge < -0.3 is 5.73 Å². The molecule has 0 bridgehead atoms. The van der Waals surface area contributed by atoms with Crippen molar-refractivity contribution >= 4 is 0 Å². The minimum atomic E-state index is 0.170. The molecule has 0 aliphatic heterocycles. The third-order valence-corrected chi connectivity index (χ3v) is 4.16. The van der Waals surface area contributed by atoms with Gasteiger partial charge in [0.1, 0.15) is 0 Å². The van der Waals surface area contributed by atoms with E-state index in [1.807, 2.05) is 0 Å². The van der Waals surface area contributed by atoms with Gasteiger partial charge in [-0.25, -0.2) is 0 Å². The number of rotatable bonds is 3. The van der Waals surface area contributed by atoms with Crippen molar-refractivity contribution in [1.29, 1.82) is 0 Å². The lowest BCUT2D eigenvalue weighted by molar-refractivity contribution is 0.615. The fourth-order valence-electron chi connectivity index (χ4n) is 3.14. The maximum atomic E-state index is 6.47. The molecule has 98 valence electrons. The van der Waals surface area contributed by atoms with Gasteiger partial charge in [-0.2, -0.15) is 0 Å². The Bertz CT molecular complexity index is 553. The van der Waals surface area contributed by atoms with Crippen LogP contribution >= 0.6 is 0 Å². The Hall–Kier alpha value is -1.60. The van der Waals surface area contributed by atoms with E-state index in [1.54, 1.807) is 0 Å². The topological polar surface area (TPSA) is 26.0 Å². The summed E-state index contributed by atoms with van der Waals surface area (Å²) >= 11 is 0. The van der Waals surface area contributed by atoms with E-state index in [0.717, 1.165) is 0 Å². The van der Waals surface area contributed by atoms with Crippen LogP contribution < -0.4 is 5.73 Å². The van der Waals surface area contributed by atoms with Crippen molar-refractivity contribution < 1.29 is 0 Å². The molecule has 3 atom stereocenters. The van der Waals surface area contributed by atoms with Crippen molar-refractivity contribution in [1.82, 2.24) is 0 Å². The predicted octanol–water partition coefficient (Wildman–Crippen LogP) is 4.11. The SMILES string of the molecule is Cc1cc(C)cc(C(N)C2CC2c2ccccc2)c1. The zero-order valence-electron chi connectivity index (χ0n) is 11.6. The first-order chi connectivity index (χ1) is 9.15. The maximum Gasteiger partial charge on any atom is 0.0329 e. The third kappa shape index (κ3) is 2.57. The van der Waals surface area contributed by atoms with Crippen LogP contribution in [0.4, 0.5) is 0 Å². The van der Waals surface area contributed by atoms with Crippen molar-refractivity contribution in [2.24, 2.45) is 11.7 Å². The first-order valence-electron chi connectivity index (χ1n) is 7.04. The summed E-state index contributed by atoms with van der Waals surface area (Å²) in [6.07, 6.45) is 1.22. The number of hydrogen-bond donors (Lipinski definition) is 1. The van der Waals surface area contributed by atoms with Crippen LogP contribution in [0, 0.1) is 19.8 Å². The van der Waals surface area contributed by atoms with Crippen molar-refractivity contribution in [3.63, 3.8) is 0 Å². The van der Waals surface area contributed by atoms with Gasteiger partial charge in [0.05, 0.1) is 0 Å². The van der Waals surface area contributed by atoms with E-state index in [0.29, 0.717) is 11.8 Å². The highest BCUT2D eigenvalue weighted by Crippen LogP contribution is 2.53. The smallest absolute Gasteiger partial charge is 0.0329 e. The van der Waals surface area contributed by atoms with Crippen LogP contribution in [0.5, 0.6) is 0 Å². The van der Waals surface area contributed by atoms with Crippen LogP contribution in [-0.2, 0) is 0 Å². The van der Waals surface area contributed by atoms with Gasteiger partial charge in [0.15, 0.2) is 0 Å². The van der Waals surface area contributed by atoms with Gasteiger partial charge in [0, 0.05) is 6.04 Å². The standard InChI is InChI=1S/C18H21N/c1-12-8-13(2)10-15(9-12)18(19)17-11-16(17)14-6-4-3-5-7-14/h3-10,16-18H,11,19H2,1-2H3. The molecule has 2 N–H and O–H groups in total. The number of nitrogens with two attached hydrogens (primary N) is 1. The molecule has 0 amide bonds. The van der Waals surface area contributed by atoms with Crippen molar-refractivity contribution in [2.75, 3.05) is 0 Å². The molecule has 1 heteroatoms. The molecule has 0 radical (unpaired) electrons. The molecule has 1 aliphatic carbocycles. The lowest BCUT2D eigenvalue weighted by Crippen LogP contribution is -2.13. The normalized spacial score (nSPS) is 23.1. The largest absolute Gasteiger partial charge is 0.324 e. The molecule has 1 fully saturated rings. The molecular weight excluding hydrogens is 230 g/mol. The van der Waals surface area contributed by atoms with Gasteiger partial charge in [-0.05, 0) is 43.2 Å². The summed E-state index contributed by atoms with van der Waals surface area (Å²) in [6, 6.07) is 17.6. The summed E-state index contributed by atoms with van der Waals surface area (Å²) < 4.78 is 0. The summed E-state index contributed by atoms with van der Waals surface area (Å²) in [5.41, 5.74) is 11.8. The van der Waals surface area contributed by atoms with E-state index >= 15 is 0 Å². The molecular formula is C18H21N. The Morgan fingerprint density at radius 3 is 2.26 bits per heavy atom. The number of benzene rings is 2. The van der Waals surface area contributed by atoms with E-state index in [9.17, 15) is 0 Å². The first kappa shape index (κ1) is 12.4. The quantitative estimate of drug-likeness (QED) is 0.873. The molecule has 2 aromatic carbocycles. The second-order valence-corrected chi connectivity index (χ2v) is 5.86. The summed E-state index contributed by atoms with van der Waals surface area (Å²) in [5, 5.41) is 0. The fraction of sp³-hybridized carbons (Fsp3) is 0.333. The average Bonchev–Trinajstić information content (AvgIpc) is 3.18. The average molecular weight is 251 g/mol. The zero-order chi connectivity index (χ0) is 13.4. The van der Waals surface area contributed by atoms with Crippen LogP contribution in [0.1, 0.15) is 40.6 Å². The van der Waals surface area contributed by atoms with Gasteiger partial charge in [0.2, 0.25) is 0 Å². The highest BCUT2D eigenvalue weighted by molar-refractivity contribution is 5.34. The van der Waals surface area contributed by atoms with E-state index in [4.69, 9.17) is 5.73 Å². The molecule has 2 aromatic rings. The molecule has 0 spiro atoms. The number of aryl methyl sites for hydroxylation is 2. The monoisotopic (exact) mass is 251 g/mol. The van der Waals surface area contributed by atoms with Crippen LogP contribution in [0.3, 0.4) is 0 Å². The Kier molecular flexibility index (Phi) is 3.16. The minimum absolute atomic E-state index is 0.170. The maximum absolute atomic E-state index is 6.47. The van der Waals surface area contributed by atoms with Crippen molar-refractivity contribution in [3.05, 3.63) is 70.8 Å². The van der Waals surface area contributed by atoms with E-state index in [-0.39, 0.29) is 6.04 Å². The molecule has 1 nitrogen and oxygen atoms in total. The Balaban J connectivity index is 1.78. The highest BCUT2D eigenvalue weighted by Gasteiger charge is 2.42. The summed E-state index contributed by atoms with van der Waals surface area (Å²) in [5.74, 6) is 1.25. The molecule has 1 saturated carbocycles. The van der Waals surface area contributed by atoms with Gasteiger partial charge in [0.25, 0.3) is 0 Å². The molecule has 19 heavy (non-hydrogen) atoms. The molecule has 3 rings (SSSR count). The van der Waals surface area contributed by atoms with Gasteiger partial charge in [-0.15, -0.1) is 0 Å². The van der Waals surface area contributed by atoms with Crippen LogP contribution in [0.2, 0.25) is 0 Å². The van der Waals surface area contributed by atoms with Gasteiger partial charge in [-0.1, -0.05) is 59.7 Å². The van der Waals surface area contributed by atoms with Crippen LogP contribution in [0.15, 0.2) is 48.5 Å². The van der Waals surface area contributed by atoms with E-state index in [2.05, 4.69) is 62.4 Å². The first-order valence-corrected chi connectivity index (χ1v) is 7.04. The summed E-state index contributed by atoms with van der Waals surface area (Å²) in [6.45, 7) is 4.29. The second kappa shape index (κ2) is 4.82. The molecule has 0 saturated heterocycles. The molecule has 1 aliphatic rings. The van der Waals surface area contributed by atoms with E-state index in [1.165, 1.54) is 28.7 Å². The predicted molar refractivity (Wildman–Crippen MR) is 80.1 cm³/mol. The van der Waals surface area contributed by atoms with Gasteiger partial charge >= 0.3 is 0 Å². The van der Waals surface area contributed by atoms with Crippen molar-refractivity contribution in [3.8, 4) is 0 Å².